The summed E-state index contributed by atoms with van der Waals surface area (Å²) in [6.07, 6.45) is 0. The fraction of sp³-hybridized carbons (Fsp3) is 0. The van der Waals surface area contributed by atoms with E-state index in [-0.39, 0.29) is 9.41 Å². The van der Waals surface area contributed by atoms with E-state index in [2.05, 4.69) is 0 Å². The van der Waals surface area contributed by atoms with Crippen molar-refractivity contribution in [3.63, 3.8) is 0 Å². The second-order valence-electron chi connectivity index (χ2n) is 0.149. The molecule has 0 amide bonds. The van der Waals surface area contributed by atoms with Crippen molar-refractivity contribution in [1.82, 2.24) is 0 Å². The smallest absolute Gasteiger partial charge is 0.0885 e. The van der Waals surface area contributed by atoms with Gasteiger partial charge in [0.05, 0.1) is 0 Å². The van der Waals surface area contributed by atoms with Crippen LogP contribution in [0, 0.1) is 0 Å². The monoisotopic (exact) mass is 170 g/mol. The molecule has 0 saturated carbocycles. The molecule has 0 heterocycles. The van der Waals surface area contributed by atoms with Gasteiger partial charge in [-0.05, 0) is 0 Å². The SMILES string of the molecule is F.F.O=[SH-]=O.O=[SH-]=O. The van der Waals surface area contributed by atoms with E-state index in [4.69, 9.17) is 16.8 Å². The van der Waals surface area contributed by atoms with Crippen LogP contribution in [-0.4, -0.2) is 0 Å². The van der Waals surface area contributed by atoms with Crippen LogP contribution >= 0.6 is 0 Å². The van der Waals surface area contributed by atoms with Gasteiger partial charge in [-0.1, -0.05) is 23.1 Å². The van der Waals surface area contributed by atoms with Crippen molar-refractivity contribution >= 4 is 23.1 Å². The Morgan fingerprint density at radius 2 is 0.625 bits per heavy atom. The second kappa shape index (κ2) is 72.4. The molecule has 0 aromatic carbocycles. The van der Waals surface area contributed by atoms with Crippen LogP contribution < -0.4 is 0 Å². The fourth-order valence-corrected chi connectivity index (χ4v) is 0. The lowest BCUT2D eigenvalue weighted by Gasteiger charge is -1.27. The standard InChI is InChI=1S/2FH.2HO2S/c;;2*1-3-2/h2*1H;2*3H/q;;2*-1. The maximum Gasteiger partial charge on any atom is -0.0885 e. The minimum atomic E-state index is -1.08. The zero-order valence-electron chi connectivity index (χ0n) is 3.34. The van der Waals surface area contributed by atoms with Gasteiger partial charge in [0.2, 0.25) is 0 Å². The number of rotatable bonds is 0. The Bertz CT molecular complexity index is 66.0. The summed E-state index contributed by atoms with van der Waals surface area (Å²) in [6.45, 7) is 0. The van der Waals surface area contributed by atoms with E-state index >= 15 is 0 Å². The van der Waals surface area contributed by atoms with Crippen molar-refractivity contribution in [3.8, 4) is 0 Å². The molecule has 0 fully saturated rings. The Morgan fingerprint density at radius 1 is 0.625 bits per heavy atom. The molecule has 0 rings (SSSR count). The Morgan fingerprint density at radius 3 is 0.625 bits per heavy atom. The summed E-state index contributed by atoms with van der Waals surface area (Å²) < 4.78 is 33.4. The summed E-state index contributed by atoms with van der Waals surface area (Å²) in [5.41, 5.74) is 0. The first kappa shape index (κ1) is 25.1. The van der Waals surface area contributed by atoms with E-state index in [1.54, 1.807) is 0 Å². The van der Waals surface area contributed by atoms with E-state index in [9.17, 15) is 0 Å². The van der Waals surface area contributed by atoms with Crippen molar-refractivity contribution in [2.45, 2.75) is 0 Å². The summed E-state index contributed by atoms with van der Waals surface area (Å²) in [4.78, 5) is 0. The largest absolute Gasteiger partial charge is 0.427 e. The minimum Gasteiger partial charge on any atom is -0.427 e. The van der Waals surface area contributed by atoms with Crippen LogP contribution in [0.2, 0.25) is 0 Å². The minimum absolute atomic E-state index is 0. The van der Waals surface area contributed by atoms with Gasteiger partial charge >= 0.3 is 0 Å². The van der Waals surface area contributed by atoms with Gasteiger partial charge in [0.1, 0.15) is 0 Å². The van der Waals surface area contributed by atoms with E-state index in [0.29, 0.717) is 0 Å². The van der Waals surface area contributed by atoms with E-state index in [1.807, 2.05) is 0 Å². The zero-order valence-corrected chi connectivity index (χ0v) is 5.13. The highest BCUT2D eigenvalue weighted by molar-refractivity contribution is 7.51. The molecule has 0 aliphatic carbocycles. The first-order valence-corrected chi connectivity index (χ1v) is 2.19. The summed E-state index contributed by atoms with van der Waals surface area (Å²) in [6, 6.07) is 0. The van der Waals surface area contributed by atoms with Crippen molar-refractivity contribution in [2.24, 2.45) is 0 Å². The molecule has 0 radical (unpaired) electrons. The second-order valence-corrected chi connectivity index (χ2v) is 0.447. The molecule has 8 heteroatoms. The van der Waals surface area contributed by atoms with E-state index in [0.717, 1.165) is 0 Å². The van der Waals surface area contributed by atoms with Crippen LogP contribution in [0.3, 0.4) is 0 Å². The molecule has 0 aromatic rings. The van der Waals surface area contributed by atoms with Crippen LogP contribution in [-0.2, 0) is 40.0 Å². The van der Waals surface area contributed by atoms with Crippen molar-refractivity contribution in [1.29, 1.82) is 0 Å². The average Bonchev–Trinajstić information content (AvgIpc) is 1.39. The average molecular weight is 170 g/mol. The third kappa shape index (κ3) is 2270. The molecular formula is H4F2O4S2-2. The highest BCUT2D eigenvalue weighted by Crippen LogP contribution is 0.944. The highest BCUT2D eigenvalue weighted by atomic mass is 32.1. The van der Waals surface area contributed by atoms with Gasteiger partial charge < -0.3 is 16.8 Å². The Labute approximate surface area is 50.2 Å². The number of hydrogen-bond donors (Lipinski definition) is 0. The topological polar surface area (TPSA) is 68.3 Å². The van der Waals surface area contributed by atoms with Gasteiger partial charge in [0.25, 0.3) is 0 Å². The van der Waals surface area contributed by atoms with Gasteiger partial charge in [-0.3, -0.25) is 9.41 Å². The van der Waals surface area contributed by atoms with Crippen LogP contribution in [0.1, 0.15) is 0 Å². The van der Waals surface area contributed by atoms with Gasteiger partial charge in [-0.25, -0.2) is 0 Å². The molecular weight excluding hydrogens is 166 g/mol. The summed E-state index contributed by atoms with van der Waals surface area (Å²) in [5.74, 6) is 0. The molecule has 0 atom stereocenters. The predicted molar refractivity (Wildman–Crippen MR) is 25.3 cm³/mol. The van der Waals surface area contributed by atoms with Gasteiger partial charge in [-0.2, -0.15) is 0 Å². The normalized spacial score (nSPS) is 4.00. The van der Waals surface area contributed by atoms with Crippen molar-refractivity contribution in [2.75, 3.05) is 0 Å². The fourth-order valence-electron chi connectivity index (χ4n) is 0. The van der Waals surface area contributed by atoms with Gasteiger partial charge in [-0.15, -0.1) is 0 Å². The Kier molecular flexibility index (Phi) is 227. The highest BCUT2D eigenvalue weighted by Gasteiger charge is 0.760. The van der Waals surface area contributed by atoms with E-state index < -0.39 is 23.1 Å². The molecule has 8 heavy (non-hydrogen) atoms. The molecule has 4 nitrogen and oxygen atoms in total. The number of halogens is 2. The molecule has 56 valence electrons. The molecule has 0 aliphatic rings. The zero-order chi connectivity index (χ0) is 5.41. The van der Waals surface area contributed by atoms with Crippen LogP contribution in [0.15, 0.2) is 0 Å². The van der Waals surface area contributed by atoms with Gasteiger partial charge in [0.15, 0.2) is 0 Å². The van der Waals surface area contributed by atoms with Crippen LogP contribution in [0.5, 0.6) is 0 Å². The third-order valence-electron chi connectivity index (χ3n) is 0. The van der Waals surface area contributed by atoms with E-state index in [1.165, 1.54) is 0 Å². The van der Waals surface area contributed by atoms with Gasteiger partial charge in [0, 0.05) is 0 Å². The predicted octanol–water partition coefficient (Wildman–Crippen LogP) is -0.710. The Hall–Kier alpha value is -0.240. The summed E-state index contributed by atoms with van der Waals surface area (Å²) in [5, 5.41) is 0. The lowest BCUT2D eigenvalue weighted by Crippen LogP contribution is -1.06. The maximum atomic E-state index is 8.35. The third-order valence-corrected chi connectivity index (χ3v) is 0. The summed E-state index contributed by atoms with van der Waals surface area (Å²) in [7, 11) is 0. The molecule has 0 aromatic heterocycles. The molecule has 0 aliphatic heterocycles. The molecule has 0 saturated heterocycles. The van der Waals surface area contributed by atoms with Crippen LogP contribution in [0.4, 0.5) is 9.41 Å². The Balaban J connectivity index is -0.0000000160. The number of thiol groups is 2. The molecule has 0 bridgehead atoms. The maximum absolute atomic E-state index is 8.35. The molecule has 0 N–H and O–H groups in total. The quantitative estimate of drug-likeness (QED) is 0.355. The number of hydrogen-bond acceptors (Lipinski definition) is 6. The summed E-state index contributed by atoms with van der Waals surface area (Å²) >= 11 is -2.17. The van der Waals surface area contributed by atoms with Crippen molar-refractivity contribution in [3.05, 3.63) is 0 Å². The first-order valence-electron chi connectivity index (χ1n) is 0.730. The molecule has 0 unspecified atom stereocenters. The van der Waals surface area contributed by atoms with Crippen molar-refractivity contribution < 1.29 is 26.2 Å². The first-order chi connectivity index (χ1) is 2.83. The van der Waals surface area contributed by atoms with Crippen LogP contribution in [0.25, 0.3) is 0 Å². The lowest BCUT2D eigenvalue weighted by atomic mass is 15.9. The lowest BCUT2D eigenvalue weighted by molar-refractivity contribution is 0.539. The molecule has 0 spiro atoms.